The Morgan fingerprint density at radius 2 is 1.76 bits per heavy atom. The minimum atomic E-state index is -0.936. The van der Waals surface area contributed by atoms with E-state index in [9.17, 15) is 23.2 Å². The Hall–Kier alpha value is -4.02. The number of nitrogens with one attached hydrogen (secondary N) is 2. The van der Waals surface area contributed by atoms with Gasteiger partial charge < -0.3 is 15.8 Å². The van der Waals surface area contributed by atoms with Gasteiger partial charge in [-0.3, -0.25) is 19.9 Å². The maximum Gasteiger partial charge on any atom is 0.412 e. The van der Waals surface area contributed by atoms with Crippen LogP contribution in [0.25, 0.3) is 0 Å². The highest BCUT2D eigenvalue weighted by Gasteiger charge is 2.35. The van der Waals surface area contributed by atoms with Crippen LogP contribution in [0.15, 0.2) is 47.6 Å². The molecule has 1 atom stereocenters. The van der Waals surface area contributed by atoms with Gasteiger partial charge in [0.1, 0.15) is 29.0 Å². The van der Waals surface area contributed by atoms with Crippen molar-refractivity contribution >= 4 is 40.7 Å². The topological polar surface area (TPSA) is 126 Å². The second-order valence-corrected chi connectivity index (χ2v) is 8.27. The Morgan fingerprint density at radius 3 is 2.36 bits per heavy atom. The van der Waals surface area contributed by atoms with Gasteiger partial charge in [0.05, 0.1) is 11.4 Å². The number of hydrogen-bond donors (Lipinski definition) is 3. The van der Waals surface area contributed by atoms with Crippen molar-refractivity contribution in [2.24, 2.45) is 10.8 Å². The predicted molar refractivity (Wildman–Crippen MR) is 119 cm³/mol. The molecule has 174 valence electrons. The standard InChI is InChI=1S/C22H23F2N5O4/c1-22(2,3)33-21(32)27-16-10-13(6-9-15(16)24)26-20(31)17-11-18(19(25)30)29(28-17)14-7-4-12(23)5-8-14/h4-10,18H,11H2,1-3H3,(H2,25,30)(H,26,31)(H,27,32). The summed E-state index contributed by atoms with van der Waals surface area (Å²) in [5.41, 5.74) is 5.02. The number of primary amides is 1. The van der Waals surface area contributed by atoms with Gasteiger partial charge in [-0.1, -0.05) is 0 Å². The van der Waals surface area contributed by atoms with Gasteiger partial charge in [0.2, 0.25) is 5.91 Å². The van der Waals surface area contributed by atoms with Crippen molar-refractivity contribution in [1.82, 2.24) is 0 Å². The number of hydrogen-bond acceptors (Lipinski definition) is 6. The highest BCUT2D eigenvalue weighted by Crippen LogP contribution is 2.26. The number of carbonyl (C=O) groups is 3. The average Bonchev–Trinajstić information content (AvgIpc) is 3.15. The Balaban J connectivity index is 1.76. The minimum Gasteiger partial charge on any atom is -0.444 e. The van der Waals surface area contributed by atoms with Crippen LogP contribution in [0.4, 0.5) is 30.6 Å². The highest BCUT2D eigenvalue weighted by atomic mass is 19.1. The number of anilines is 3. The van der Waals surface area contributed by atoms with Gasteiger partial charge in [-0.15, -0.1) is 0 Å². The third-order valence-electron chi connectivity index (χ3n) is 4.45. The first-order chi connectivity index (χ1) is 15.4. The lowest BCUT2D eigenvalue weighted by Crippen LogP contribution is -2.39. The third-order valence-corrected chi connectivity index (χ3v) is 4.45. The number of carbonyl (C=O) groups excluding carboxylic acids is 3. The molecule has 2 aromatic rings. The maximum atomic E-state index is 14.1. The van der Waals surface area contributed by atoms with Crippen molar-refractivity contribution in [2.75, 3.05) is 15.6 Å². The molecule has 0 bridgehead atoms. The van der Waals surface area contributed by atoms with E-state index >= 15 is 0 Å². The zero-order valence-corrected chi connectivity index (χ0v) is 18.2. The van der Waals surface area contributed by atoms with Crippen LogP contribution in [0.1, 0.15) is 27.2 Å². The molecule has 1 aliphatic rings. The lowest BCUT2D eigenvalue weighted by Gasteiger charge is -2.20. The Bertz CT molecular complexity index is 1110. The molecule has 1 unspecified atom stereocenters. The van der Waals surface area contributed by atoms with E-state index in [0.29, 0.717) is 5.69 Å². The van der Waals surface area contributed by atoms with Crippen molar-refractivity contribution < 1.29 is 27.9 Å². The molecule has 3 amide bonds. The molecule has 0 aliphatic carbocycles. The van der Waals surface area contributed by atoms with E-state index in [4.69, 9.17) is 10.5 Å². The number of nitrogens with two attached hydrogens (primary N) is 1. The van der Waals surface area contributed by atoms with Crippen LogP contribution in [0.2, 0.25) is 0 Å². The molecular weight excluding hydrogens is 436 g/mol. The molecule has 1 heterocycles. The third kappa shape index (κ3) is 6.03. The van der Waals surface area contributed by atoms with Crippen molar-refractivity contribution in [1.29, 1.82) is 0 Å². The van der Waals surface area contributed by atoms with Crippen LogP contribution < -0.4 is 21.4 Å². The largest absolute Gasteiger partial charge is 0.444 e. The normalized spacial score (nSPS) is 15.6. The number of amides is 3. The van der Waals surface area contributed by atoms with Crippen molar-refractivity contribution in [2.45, 2.75) is 38.8 Å². The fourth-order valence-corrected chi connectivity index (χ4v) is 3.02. The Labute approximate surface area is 188 Å². The second-order valence-electron chi connectivity index (χ2n) is 8.27. The van der Waals surface area contributed by atoms with Crippen LogP contribution >= 0.6 is 0 Å². The molecule has 33 heavy (non-hydrogen) atoms. The average molecular weight is 459 g/mol. The van der Waals surface area contributed by atoms with Crippen LogP contribution in [0, 0.1) is 11.6 Å². The maximum absolute atomic E-state index is 14.1. The first-order valence-electron chi connectivity index (χ1n) is 9.95. The van der Waals surface area contributed by atoms with Gasteiger partial charge in [-0.2, -0.15) is 5.10 Å². The summed E-state index contributed by atoms with van der Waals surface area (Å²) in [6.45, 7) is 4.99. The van der Waals surface area contributed by atoms with E-state index in [-0.39, 0.29) is 23.5 Å². The molecule has 3 rings (SSSR count). The smallest absolute Gasteiger partial charge is 0.412 e. The first-order valence-corrected chi connectivity index (χ1v) is 9.95. The molecule has 0 saturated carbocycles. The molecule has 2 aromatic carbocycles. The van der Waals surface area contributed by atoms with Gasteiger partial charge in [0, 0.05) is 12.1 Å². The molecule has 0 fully saturated rings. The van der Waals surface area contributed by atoms with E-state index in [0.717, 1.165) is 6.07 Å². The fourth-order valence-electron chi connectivity index (χ4n) is 3.02. The summed E-state index contributed by atoms with van der Waals surface area (Å²) in [6, 6.07) is 7.85. The van der Waals surface area contributed by atoms with E-state index in [1.807, 2.05) is 0 Å². The zero-order valence-electron chi connectivity index (χ0n) is 18.2. The van der Waals surface area contributed by atoms with Gasteiger partial charge in [-0.05, 0) is 63.2 Å². The molecule has 0 aromatic heterocycles. The SMILES string of the molecule is CC(C)(C)OC(=O)Nc1cc(NC(=O)C2=NN(c3ccc(F)cc3)C(C(N)=O)C2)ccc1F. The number of rotatable bonds is 5. The van der Waals surface area contributed by atoms with Crippen molar-refractivity contribution in [3.63, 3.8) is 0 Å². The van der Waals surface area contributed by atoms with Gasteiger partial charge in [-0.25, -0.2) is 13.6 Å². The summed E-state index contributed by atoms with van der Waals surface area (Å²) >= 11 is 0. The Morgan fingerprint density at radius 1 is 1.09 bits per heavy atom. The number of benzene rings is 2. The van der Waals surface area contributed by atoms with Crippen LogP contribution in [-0.4, -0.2) is 35.3 Å². The van der Waals surface area contributed by atoms with E-state index in [1.165, 1.54) is 41.4 Å². The summed E-state index contributed by atoms with van der Waals surface area (Å²) in [5, 5.41) is 10.2. The van der Waals surface area contributed by atoms with E-state index in [2.05, 4.69) is 15.7 Å². The molecular formula is C22H23F2N5O4. The molecule has 9 nitrogen and oxygen atoms in total. The Kier molecular flexibility index (Phi) is 6.61. The molecule has 1 aliphatic heterocycles. The summed E-state index contributed by atoms with van der Waals surface area (Å²) in [5.74, 6) is -2.56. The molecule has 11 heteroatoms. The molecule has 0 saturated heterocycles. The fraction of sp³-hybridized carbons (Fsp3) is 0.273. The second kappa shape index (κ2) is 9.23. The summed E-state index contributed by atoms with van der Waals surface area (Å²) < 4.78 is 32.4. The summed E-state index contributed by atoms with van der Waals surface area (Å²) in [6.07, 6.45) is -0.938. The number of nitrogens with zero attached hydrogens (tertiary/aromatic N) is 2. The number of hydrazone groups is 1. The van der Waals surface area contributed by atoms with Crippen molar-refractivity contribution in [3.05, 3.63) is 54.1 Å². The number of ether oxygens (including phenoxy) is 1. The monoisotopic (exact) mass is 459 g/mol. The van der Waals surface area contributed by atoms with Crippen molar-refractivity contribution in [3.8, 4) is 0 Å². The summed E-state index contributed by atoms with van der Waals surface area (Å²) in [4.78, 5) is 36.5. The predicted octanol–water partition coefficient (Wildman–Crippen LogP) is 3.37. The lowest BCUT2D eigenvalue weighted by molar-refractivity contribution is -0.119. The van der Waals surface area contributed by atoms with Gasteiger partial charge >= 0.3 is 6.09 Å². The highest BCUT2D eigenvalue weighted by molar-refractivity contribution is 6.44. The minimum absolute atomic E-state index is 0.00546. The lowest BCUT2D eigenvalue weighted by atomic mass is 10.1. The van der Waals surface area contributed by atoms with Crippen LogP contribution in [0.3, 0.4) is 0 Å². The van der Waals surface area contributed by atoms with E-state index in [1.54, 1.807) is 20.8 Å². The van der Waals surface area contributed by atoms with E-state index < -0.39 is 41.2 Å². The molecule has 0 radical (unpaired) electrons. The summed E-state index contributed by atoms with van der Waals surface area (Å²) in [7, 11) is 0. The van der Waals surface area contributed by atoms with Crippen LogP contribution in [-0.2, 0) is 14.3 Å². The quantitative estimate of drug-likeness (QED) is 0.632. The van der Waals surface area contributed by atoms with Gasteiger partial charge in [0.15, 0.2) is 0 Å². The number of halogens is 2. The zero-order chi connectivity index (χ0) is 24.3. The molecule has 0 spiro atoms. The van der Waals surface area contributed by atoms with Gasteiger partial charge in [0.25, 0.3) is 5.91 Å². The first kappa shape index (κ1) is 23.6. The van der Waals surface area contributed by atoms with Crippen LogP contribution in [0.5, 0.6) is 0 Å². The molecule has 4 N–H and O–H groups in total.